The zero-order valence-corrected chi connectivity index (χ0v) is 16.8. The van der Waals surface area contributed by atoms with E-state index < -0.39 is 0 Å². The number of hydrogen-bond acceptors (Lipinski definition) is 4. The van der Waals surface area contributed by atoms with Crippen LogP contribution in [0.15, 0.2) is 52.4 Å². The van der Waals surface area contributed by atoms with Gasteiger partial charge in [-0.1, -0.05) is 49.3 Å². The second-order valence-electron chi connectivity index (χ2n) is 6.78. The van der Waals surface area contributed by atoms with Crippen LogP contribution in [0.4, 0.5) is 5.82 Å². The van der Waals surface area contributed by atoms with Gasteiger partial charge in [0.15, 0.2) is 12.4 Å². The molecule has 1 aromatic carbocycles. The summed E-state index contributed by atoms with van der Waals surface area (Å²) in [7, 11) is 0. The Morgan fingerprint density at radius 3 is 2.59 bits per heavy atom. The zero-order chi connectivity index (χ0) is 19.2. The van der Waals surface area contributed by atoms with Crippen molar-refractivity contribution < 1.29 is 14.6 Å². The van der Waals surface area contributed by atoms with Crippen molar-refractivity contribution in [2.75, 3.05) is 11.9 Å². The molecule has 3 rings (SSSR count). The zero-order valence-electron chi connectivity index (χ0n) is 15.9. The number of nitrogens with two attached hydrogens (primary N) is 1. The van der Waals surface area contributed by atoms with Gasteiger partial charge in [0.1, 0.15) is 11.8 Å². The molecule has 0 aliphatic rings. The number of amides is 1. The highest BCUT2D eigenvalue weighted by molar-refractivity contribution is 7.10. The lowest BCUT2D eigenvalue weighted by Gasteiger charge is -2.16. The maximum atomic E-state index is 12.3. The van der Waals surface area contributed by atoms with Crippen LogP contribution in [-0.2, 0) is 4.79 Å². The SMILES string of the molecule is CC[C@H](C)c1ccc([C@H]([NH2+]CC(=O)Nc2cc(C)on2)c2cccs2)cc1. The minimum Gasteiger partial charge on any atom is -0.360 e. The second-order valence-corrected chi connectivity index (χ2v) is 7.76. The third-order valence-corrected chi connectivity index (χ3v) is 5.72. The maximum absolute atomic E-state index is 12.3. The summed E-state index contributed by atoms with van der Waals surface area (Å²) in [5.74, 6) is 1.59. The Morgan fingerprint density at radius 2 is 2.00 bits per heavy atom. The lowest BCUT2D eigenvalue weighted by Crippen LogP contribution is -2.87. The Balaban J connectivity index is 1.69. The molecule has 0 spiro atoms. The molecule has 142 valence electrons. The lowest BCUT2D eigenvalue weighted by molar-refractivity contribution is -0.675. The molecular formula is C21H26N3O2S+. The van der Waals surface area contributed by atoms with Crippen LogP contribution in [0.1, 0.15) is 54.0 Å². The van der Waals surface area contributed by atoms with Crippen molar-refractivity contribution in [3.05, 3.63) is 69.6 Å². The van der Waals surface area contributed by atoms with Crippen LogP contribution in [-0.4, -0.2) is 17.6 Å². The fourth-order valence-electron chi connectivity index (χ4n) is 3.00. The number of nitrogens with zero attached hydrogens (tertiary/aromatic N) is 1. The van der Waals surface area contributed by atoms with Crippen molar-refractivity contribution in [3.63, 3.8) is 0 Å². The molecule has 0 bridgehead atoms. The Labute approximate surface area is 163 Å². The van der Waals surface area contributed by atoms with E-state index >= 15 is 0 Å². The highest BCUT2D eigenvalue weighted by atomic mass is 32.1. The second kappa shape index (κ2) is 8.97. The summed E-state index contributed by atoms with van der Waals surface area (Å²) in [6, 6.07) is 14.7. The Bertz CT molecular complexity index is 856. The van der Waals surface area contributed by atoms with Crippen LogP contribution in [0.25, 0.3) is 0 Å². The van der Waals surface area contributed by atoms with Gasteiger partial charge in [0, 0.05) is 11.6 Å². The van der Waals surface area contributed by atoms with Crippen LogP contribution in [0.2, 0.25) is 0 Å². The van der Waals surface area contributed by atoms with E-state index in [0.29, 0.717) is 24.0 Å². The molecule has 1 amide bonds. The van der Waals surface area contributed by atoms with E-state index in [1.165, 1.54) is 16.0 Å². The quantitative estimate of drug-likeness (QED) is 0.620. The molecule has 2 atom stereocenters. The Kier molecular flexibility index (Phi) is 6.42. The monoisotopic (exact) mass is 384 g/mol. The highest BCUT2D eigenvalue weighted by Gasteiger charge is 2.20. The summed E-state index contributed by atoms with van der Waals surface area (Å²) in [5.41, 5.74) is 2.56. The number of anilines is 1. The molecule has 5 nitrogen and oxygen atoms in total. The van der Waals surface area contributed by atoms with Crippen molar-refractivity contribution in [3.8, 4) is 0 Å². The number of rotatable bonds is 8. The van der Waals surface area contributed by atoms with E-state index in [4.69, 9.17) is 4.52 Å². The first-order chi connectivity index (χ1) is 13.1. The van der Waals surface area contributed by atoms with Gasteiger partial charge in [-0.15, -0.1) is 11.3 Å². The Hall–Kier alpha value is -2.44. The first-order valence-electron chi connectivity index (χ1n) is 9.26. The van der Waals surface area contributed by atoms with E-state index in [1.807, 2.05) is 6.07 Å². The van der Waals surface area contributed by atoms with Gasteiger partial charge >= 0.3 is 0 Å². The van der Waals surface area contributed by atoms with Crippen molar-refractivity contribution in [1.82, 2.24) is 5.16 Å². The maximum Gasteiger partial charge on any atom is 0.280 e. The minimum absolute atomic E-state index is 0.0962. The van der Waals surface area contributed by atoms with Crippen LogP contribution in [0, 0.1) is 6.92 Å². The summed E-state index contributed by atoms with van der Waals surface area (Å²) in [6.07, 6.45) is 1.13. The van der Waals surface area contributed by atoms with E-state index in [9.17, 15) is 4.79 Å². The summed E-state index contributed by atoms with van der Waals surface area (Å²) in [5, 5.41) is 10.7. The number of benzene rings is 1. The minimum atomic E-state index is -0.0962. The predicted molar refractivity (Wildman–Crippen MR) is 108 cm³/mol. The van der Waals surface area contributed by atoms with Gasteiger partial charge in [-0.3, -0.25) is 4.79 Å². The number of aromatic nitrogens is 1. The van der Waals surface area contributed by atoms with Crippen molar-refractivity contribution in [2.45, 2.75) is 39.2 Å². The van der Waals surface area contributed by atoms with Gasteiger partial charge in [0.2, 0.25) is 0 Å². The molecule has 0 aliphatic heterocycles. The van der Waals surface area contributed by atoms with Crippen LogP contribution >= 0.6 is 11.3 Å². The van der Waals surface area contributed by atoms with E-state index in [0.717, 1.165) is 6.42 Å². The third-order valence-electron chi connectivity index (χ3n) is 4.76. The standard InChI is InChI=1S/C21H25N3O2S/c1-4-14(2)16-7-9-17(10-8-16)21(18-6-5-11-27-18)22-13-20(25)23-19-12-15(3)26-24-19/h5-12,14,21-22H,4,13H2,1-3H3,(H,23,24,25)/p+1/t14-,21-/m0/s1. The largest absolute Gasteiger partial charge is 0.360 e. The number of carbonyl (C=O) groups excluding carboxylic acids is 1. The molecule has 2 heterocycles. The third kappa shape index (κ3) is 5.05. The molecule has 3 aromatic rings. The number of nitrogens with one attached hydrogen (secondary N) is 1. The average Bonchev–Trinajstić information content (AvgIpc) is 3.34. The van der Waals surface area contributed by atoms with Gasteiger partial charge in [-0.05, 0) is 36.3 Å². The molecule has 3 N–H and O–H groups in total. The lowest BCUT2D eigenvalue weighted by atomic mass is 9.95. The van der Waals surface area contributed by atoms with Gasteiger partial charge < -0.3 is 15.2 Å². The molecule has 0 saturated heterocycles. The van der Waals surface area contributed by atoms with E-state index in [2.05, 4.69) is 65.3 Å². The number of hydrogen-bond donors (Lipinski definition) is 2. The molecule has 2 aromatic heterocycles. The first kappa shape index (κ1) is 19.3. The molecule has 0 radical (unpaired) electrons. The molecule has 0 saturated carbocycles. The first-order valence-corrected chi connectivity index (χ1v) is 10.1. The number of carbonyl (C=O) groups is 1. The van der Waals surface area contributed by atoms with Crippen molar-refractivity contribution in [2.24, 2.45) is 0 Å². The normalized spacial score (nSPS) is 13.3. The molecule has 0 fully saturated rings. The summed E-state index contributed by atoms with van der Waals surface area (Å²) < 4.78 is 4.99. The van der Waals surface area contributed by atoms with Crippen molar-refractivity contribution in [1.29, 1.82) is 0 Å². The predicted octanol–water partition coefficient (Wildman–Crippen LogP) is 3.85. The summed E-state index contributed by atoms with van der Waals surface area (Å²) in [4.78, 5) is 13.5. The Morgan fingerprint density at radius 1 is 1.26 bits per heavy atom. The number of quaternary nitrogens is 1. The topological polar surface area (TPSA) is 71.7 Å². The smallest absolute Gasteiger partial charge is 0.280 e. The van der Waals surface area contributed by atoms with Gasteiger partial charge in [0.25, 0.3) is 5.91 Å². The van der Waals surface area contributed by atoms with E-state index in [1.54, 1.807) is 24.3 Å². The molecule has 0 unspecified atom stereocenters. The summed E-state index contributed by atoms with van der Waals surface area (Å²) in [6.45, 7) is 6.55. The van der Waals surface area contributed by atoms with Crippen LogP contribution < -0.4 is 10.6 Å². The molecule has 6 heteroatoms. The molecule has 27 heavy (non-hydrogen) atoms. The summed E-state index contributed by atoms with van der Waals surface area (Å²) >= 11 is 1.71. The molecular weight excluding hydrogens is 358 g/mol. The number of thiophene rings is 1. The van der Waals surface area contributed by atoms with E-state index in [-0.39, 0.29) is 11.9 Å². The number of aryl methyl sites for hydroxylation is 1. The highest BCUT2D eigenvalue weighted by Crippen LogP contribution is 2.25. The van der Waals surface area contributed by atoms with Crippen LogP contribution in [0.3, 0.4) is 0 Å². The van der Waals surface area contributed by atoms with Gasteiger partial charge in [0.05, 0.1) is 4.88 Å². The van der Waals surface area contributed by atoms with Crippen LogP contribution in [0.5, 0.6) is 0 Å². The fraction of sp³-hybridized carbons (Fsp3) is 0.333. The fourth-order valence-corrected chi connectivity index (χ4v) is 3.85. The van der Waals surface area contributed by atoms with Crippen molar-refractivity contribution >= 4 is 23.1 Å². The molecule has 0 aliphatic carbocycles. The average molecular weight is 385 g/mol. The van der Waals surface area contributed by atoms with Gasteiger partial charge in [-0.25, -0.2) is 0 Å². The van der Waals surface area contributed by atoms with Gasteiger partial charge in [-0.2, -0.15) is 0 Å².